The number of esters is 1. The van der Waals surface area contributed by atoms with Crippen LogP contribution in [0.15, 0.2) is 0 Å². The molecule has 0 N–H and O–H groups in total. The third-order valence-electron chi connectivity index (χ3n) is 1.48. The van der Waals surface area contributed by atoms with Crippen LogP contribution in [0, 0.1) is 0 Å². The molecule has 0 spiro atoms. The quantitative estimate of drug-likeness (QED) is 0.514. The molecule has 5 heteroatoms. The summed E-state index contributed by atoms with van der Waals surface area (Å²) in [4.78, 5) is 10.9. The van der Waals surface area contributed by atoms with Crippen LogP contribution in [0.4, 0.5) is 0 Å². The van der Waals surface area contributed by atoms with Crippen LogP contribution in [0.5, 0.6) is 0 Å². The first-order valence-corrected chi connectivity index (χ1v) is 4.76. The molecule has 0 aromatic heterocycles. The molecule has 13 heavy (non-hydrogen) atoms. The van der Waals surface area contributed by atoms with Crippen molar-refractivity contribution in [2.45, 2.75) is 26.1 Å². The van der Waals surface area contributed by atoms with Crippen molar-refractivity contribution in [3.05, 3.63) is 0 Å². The summed E-state index contributed by atoms with van der Waals surface area (Å²) in [6.07, 6.45) is 0.786. The van der Waals surface area contributed by atoms with E-state index in [9.17, 15) is 4.79 Å². The van der Waals surface area contributed by atoms with Crippen molar-refractivity contribution in [3.63, 3.8) is 0 Å². The van der Waals surface area contributed by atoms with Crippen LogP contribution in [0.1, 0.15) is 19.8 Å². The standard InChI is InChI=1S/C8H12O4.Mn/c1-2-3-7(9)12-6-8-10-4-5-11-8;/h8H,2-4,6H2,1H3;/t8-;/m0./s1. The summed E-state index contributed by atoms with van der Waals surface area (Å²) >= 11 is 3.15. The van der Waals surface area contributed by atoms with Gasteiger partial charge in [-0.15, -0.1) is 0 Å². The first-order chi connectivity index (χ1) is 6.22. The molecule has 1 atom stereocenters. The molecule has 0 aromatic rings. The summed E-state index contributed by atoms with van der Waals surface area (Å²) in [5.74, 6) is -0.210. The van der Waals surface area contributed by atoms with Gasteiger partial charge in [-0.25, -0.2) is 0 Å². The Morgan fingerprint density at radius 3 is 3.08 bits per heavy atom. The molecule has 1 saturated heterocycles. The molecular weight excluding hydrogens is 215 g/mol. The topological polar surface area (TPSA) is 44.8 Å². The van der Waals surface area contributed by atoms with Gasteiger partial charge in [0.15, 0.2) is 0 Å². The molecule has 1 aliphatic rings. The van der Waals surface area contributed by atoms with Crippen LogP contribution >= 0.6 is 0 Å². The zero-order valence-corrected chi connectivity index (χ0v) is 8.60. The fraction of sp³-hybridized carbons (Fsp3) is 0.750. The molecule has 0 aromatic carbocycles. The summed E-state index contributed by atoms with van der Waals surface area (Å²) in [6.45, 7) is 2.50. The van der Waals surface area contributed by atoms with Crippen molar-refractivity contribution >= 4 is 10.6 Å². The Kier molecular flexibility index (Phi) is 4.59. The van der Waals surface area contributed by atoms with Crippen molar-refractivity contribution in [2.24, 2.45) is 0 Å². The van der Waals surface area contributed by atoms with E-state index in [4.69, 9.17) is 14.2 Å². The first-order valence-electron chi connectivity index (χ1n) is 4.17. The van der Waals surface area contributed by atoms with E-state index in [1.165, 1.54) is 0 Å². The predicted molar refractivity (Wildman–Crippen MR) is 41.7 cm³/mol. The van der Waals surface area contributed by atoms with Gasteiger partial charge in [0, 0.05) is 0 Å². The summed E-state index contributed by atoms with van der Waals surface area (Å²) in [7, 11) is 0. The number of rotatable bonds is 4. The Bertz CT molecular complexity index is 204. The van der Waals surface area contributed by atoms with Crippen molar-refractivity contribution in [3.8, 4) is 0 Å². The fourth-order valence-electron chi connectivity index (χ4n) is 0.889. The molecule has 4 nitrogen and oxygen atoms in total. The van der Waals surface area contributed by atoms with E-state index in [1.807, 2.05) is 6.92 Å². The fourth-order valence-corrected chi connectivity index (χ4v) is 1.14. The van der Waals surface area contributed by atoms with E-state index < -0.39 is 6.29 Å². The van der Waals surface area contributed by atoms with Crippen LogP contribution in [0.3, 0.4) is 0 Å². The number of carbonyl (C=O) groups excluding carboxylic acids is 1. The van der Waals surface area contributed by atoms with Crippen LogP contribution in [-0.2, 0) is 34.6 Å². The van der Waals surface area contributed by atoms with E-state index in [2.05, 4.69) is 15.6 Å². The molecule has 0 bridgehead atoms. The minimum absolute atomic E-state index is 0.161. The molecule has 75 valence electrons. The maximum atomic E-state index is 10.9. The van der Waals surface area contributed by atoms with Gasteiger partial charge in [-0.1, -0.05) is 0 Å². The Labute approximate surface area is 84.9 Å². The normalized spacial score (nSPS) is 21.9. The molecule has 0 aliphatic carbocycles. The second kappa shape index (κ2) is 5.50. The number of ether oxygens (including phenoxy) is 3. The van der Waals surface area contributed by atoms with Gasteiger partial charge in [-0.3, -0.25) is 0 Å². The summed E-state index contributed by atoms with van der Waals surface area (Å²) in [5, 5.41) is 0. The first kappa shape index (κ1) is 10.9. The van der Waals surface area contributed by atoms with E-state index in [0.717, 1.165) is 6.42 Å². The average Bonchev–Trinajstić information content (AvgIpc) is 2.49. The van der Waals surface area contributed by atoms with Gasteiger partial charge in [0.25, 0.3) is 0 Å². The Morgan fingerprint density at radius 1 is 1.77 bits per heavy atom. The van der Waals surface area contributed by atoms with Gasteiger partial charge in [0.2, 0.25) is 0 Å². The van der Waals surface area contributed by atoms with E-state index in [1.54, 1.807) is 0 Å². The van der Waals surface area contributed by atoms with E-state index in [0.29, 0.717) is 17.6 Å². The second-order valence-electron chi connectivity index (χ2n) is 2.65. The van der Waals surface area contributed by atoms with Crippen molar-refractivity contribution < 1.29 is 34.6 Å². The minimum atomic E-state index is -0.449. The summed E-state index contributed by atoms with van der Waals surface area (Å²) in [5.41, 5.74) is 0. The molecule has 0 saturated carbocycles. The van der Waals surface area contributed by atoms with Gasteiger partial charge in [-0.2, -0.15) is 0 Å². The van der Waals surface area contributed by atoms with Crippen molar-refractivity contribution in [1.82, 2.24) is 0 Å². The molecule has 1 heterocycles. The van der Waals surface area contributed by atoms with Gasteiger partial charge in [0.1, 0.15) is 0 Å². The van der Waals surface area contributed by atoms with Gasteiger partial charge in [-0.05, 0) is 0 Å². The monoisotopic (exact) mass is 227 g/mol. The van der Waals surface area contributed by atoms with Crippen molar-refractivity contribution in [1.29, 1.82) is 0 Å². The van der Waals surface area contributed by atoms with Gasteiger partial charge < -0.3 is 0 Å². The van der Waals surface area contributed by atoms with E-state index >= 15 is 0 Å². The molecule has 0 radical (unpaired) electrons. The molecule has 0 amide bonds. The number of hydrogen-bond acceptors (Lipinski definition) is 4. The van der Waals surface area contributed by atoms with E-state index in [-0.39, 0.29) is 12.6 Å². The second-order valence-corrected chi connectivity index (χ2v) is 3.30. The Morgan fingerprint density at radius 2 is 2.54 bits per heavy atom. The zero-order valence-electron chi connectivity index (χ0n) is 7.42. The molecule has 0 unspecified atom stereocenters. The predicted octanol–water partition coefficient (Wildman–Crippen LogP) is 0.379. The molecule has 1 fully saturated rings. The van der Waals surface area contributed by atoms with Crippen LogP contribution < -0.4 is 0 Å². The molecule has 1 rings (SSSR count). The number of hydrogen-bond donors (Lipinski definition) is 0. The van der Waals surface area contributed by atoms with Crippen LogP contribution in [0.25, 0.3) is 0 Å². The summed E-state index contributed by atoms with van der Waals surface area (Å²) < 4.78 is 15.8. The third kappa shape index (κ3) is 4.00. The van der Waals surface area contributed by atoms with Crippen LogP contribution in [0.2, 0.25) is 0 Å². The average molecular weight is 227 g/mol. The van der Waals surface area contributed by atoms with Gasteiger partial charge >= 0.3 is 84.4 Å². The zero-order chi connectivity index (χ0) is 9.68. The summed E-state index contributed by atoms with van der Waals surface area (Å²) in [6, 6.07) is 0. The Hall–Kier alpha value is -0.221. The number of carbonyl (C=O) groups is 1. The SMILES string of the molecule is CCCC(=O)OC[C@H]1OC[C](=[Mn])O1. The van der Waals surface area contributed by atoms with Crippen LogP contribution in [-0.4, -0.2) is 30.1 Å². The Balaban J connectivity index is 2.12. The third-order valence-corrected chi connectivity index (χ3v) is 1.79. The van der Waals surface area contributed by atoms with Crippen molar-refractivity contribution in [2.75, 3.05) is 13.2 Å². The molecular formula is C8H12MnO4. The van der Waals surface area contributed by atoms with Gasteiger partial charge in [0.05, 0.1) is 0 Å². The maximum absolute atomic E-state index is 10.9. The molecule has 1 aliphatic heterocycles.